The predicted octanol–water partition coefficient (Wildman–Crippen LogP) is 4.74. The minimum atomic E-state index is -4.58. The molecule has 0 aromatic carbocycles. The van der Waals surface area contributed by atoms with Gasteiger partial charge < -0.3 is 10.4 Å². The van der Waals surface area contributed by atoms with Gasteiger partial charge in [-0.1, -0.05) is 26.2 Å². The van der Waals surface area contributed by atoms with Gasteiger partial charge in [-0.2, -0.15) is 13.2 Å². The molecule has 2 aliphatic carbocycles. The predicted molar refractivity (Wildman–Crippen MR) is 86.9 cm³/mol. The molecule has 2 N–H and O–H groups in total. The molecule has 1 aromatic heterocycles. The number of amides is 1. The van der Waals surface area contributed by atoms with Crippen LogP contribution in [0.4, 0.5) is 18.9 Å². The Morgan fingerprint density at radius 2 is 2.00 bits per heavy atom. The second-order valence-electron chi connectivity index (χ2n) is 7.49. The maximum absolute atomic E-state index is 12.9. The standard InChI is InChI=1S/C18H23F3N2O2/c1-2-17(8-11-4-3-5-12(6-11)9-17)16(25)23-14-7-13(18(19,20)21)10-22-15(14)24/h7,10-12H,2-6,8-9H2,1H3,(H,22,24)(H,23,25). The van der Waals surface area contributed by atoms with Gasteiger partial charge in [0.1, 0.15) is 5.69 Å². The maximum atomic E-state index is 12.9. The topological polar surface area (TPSA) is 62.2 Å². The Hall–Kier alpha value is -1.79. The molecular formula is C18H23F3N2O2. The molecule has 1 amide bonds. The van der Waals surface area contributed by atoms with E-state index in [1.807, 2.05) is 6.92 Å². The van der Waals surface area contributed by atoms with E-state index in [1.54, 1.807) is 0 Å². The number of aromatic hydroxyl groups is 1. The Kier molecular flexibility index (Phi) is 4.68. The van der Waals surface area contributed by atoms with Crippen molar-refractivity contribution in [3.05, 3.63) is 17.8 Å². The molecule has 2 unspecified atom stereocenters. The molecule has 2 aliphatic rings. The number of anilines is 1. The Balaban J connectivity index is 1.83. The van der Waals surface area contributed by atoms with Crippen molar-refractivity contribution < 1.29 is 23.1 Å². The van der Waals surface area contributed by atoms with E-state index in [2.05, 4.69) is 10.3 Å². The number of aromatic nitrogens is 1. The summed E-state index contributed by atoms with van der Waals surface area (Å²) >= 11 is 0. The van der Waals surface area contributed by atoms with Crippen molar-refractivity contribution in [1.82, 2.24) is 4.98 Å². The van der Waals surface area contributed by atoms with Gasteiger partial charge in [-0.25, -0.2) is 4.98 Å². The number of rotatable bonds is 3. The number of fused-ring (bicyclic) bond motifs is 2. The highest BCUT2D eigenvalue weighted by Gasteiger charge is 2.46. The van der Waals surface area contributed by atoms with Gasteiger partial charge in [0, 0.05) is 11.6 Å². The minimum Gasteiger partial charge on any atom is -0.492 e. The molecule has 25 heavy (non-hydrogen) atoms. The summed E-state index contributed by atoms with van der Waals surface area (Å²) in [6.07, 6.45) is 2.71. The van der Waals surface area contributed by atoms with Crippen LogP contribution in [-0.2, 0) is 11.0 Å². The van der Waals surface area contributed by atoms with Gasteiger partial charge in [0.2, 0.25) is 11.8 Å². The summed E-state index contributed by atoms with van der Waals surface area (Å²) in [5.41, 5.74) is -1.84. The number of carbonyl (C=O) groups is 1. The molecule has 0 spiro atoms. The molecule has 2 bridgehead atoms. The molecule has 3 rings (SSSR count). The summed E-state index contributed by atoms with van der Waals surface area (Å²) < 4.78 is 38.6. The quantitative estimate of drug-likeness (QED) is 0.822. The summed E-state index contributed by atoms with van der Waals surface area (Å²) in [5.74, 6) is 0.115. The van der Waals surface area contributed by atoms with E-state index >= 15 is 0 Å². The monoisotopic (exact) mass is 356 g/mol. The lowest BCUT2D eigenvalue weighted by atomic mass is 9.59. The summed E-state index contributed by atoms with van der Waals surface area (Å²) in [6.45, 7) is 1.95. The fourth-order valence-electron chi connectivity index (χ4n) is 4.56. The van der Waals surface area contributed by atoms with Crippen molar-refractivity contribution in [3.63, 3.8) is 0 Å². The molecule has 4 nitrogen and oxygen atoms in total. The van der Waals surface area contributed by atoms with Gasteiger partial charge in [-0.15, -0.1) is 0 Å². The van der Waals surface area contributed by atoms with E-state index in [9.17, 15) is 23.1 Å². The van der Waals surface area contributed by atoms with Crippen molar-refractivity contribution in [1.29, 1.82) is 0 Å². The van der Waals surface area contributed by atoms with Crippen LogP contribution in [0.25, 0.3) is 0 Å². The highest BCUT2D eigenvalue weighted by molar-refractivity contribution is 5.96. The van der Waals surface area contributed by atoms with E-state index in [4.69, 9.17) is 0 Å². The molecule has 0 saturated heterocycles. The fourth-order valence-corrected chi connectivity index (χ4v) is 4.56. The minimum absolute atomic E-state index is 0.275. The first-order valence-corrected chi connectivity index (χ1v) is 8.81. The first-order chi connectivity index (χ1) is 11.7. The summed E-state index contributed by atoms with van der Waals surface area (Å²) in [6, 6.07) is 0.743. The van der Waals surface area contributed by atoms with Crippen LogP contribution in [0.1, 0.15) is 57.4 Å². The lowest BCUT2D eigenvalue weighted by molar-refractivity contribution is -0.138. The average Bonchev–Trinajstić information content (AvgIpc) is 2.55. The molecule has 1 aromatic rings. The summed E-state index contributed by atoms with van der Waals surface area (Å²) in [7, 11) is 0. The van der Waals surface area contributed by atoms with Crippen LogP contribution in [0.5, 0.6) is 5.88 Å². The smallest absolute Gasteiger partial charge is 0.417 e. The third-order valence-electron chi connectivity index (χ3n) is 5.85. The van der Waals surface area contributed by atoms with Gasteiger partial charge in [0.15, 0.2) is 0 Å². The second-order valence-corrected chi connectivity index (χ2v) is 7.49. The van der Waals surface area contributed by atoms with Crippen LogP contribution < -0.4 is 5.32 Å². The van der Waals surface area contributed by atoms with Gasteiger partial charge >= 0.3 is 6.18 Å². The van der Waals surface area contributed by atoms with E-state index < -0.39 is 23.0 Å². The number of halogens is 3. The van der Waals surface area contributed by atoms with Gasteiger partial charge in [-0.05, 0) is 43.6 Å². The second kappa shape index (κ2) is 6.50. The number of carbonyl (C=O) groups excluding carboxylic acids is 1. The Bertz CT molecular complexity index is 648. The molecule has 0 aliphatic heterocycles. The Morgan fingerprint density at radius 1 is 1.36 bits per heavy atom. The summed E-state index contributed by atoms with van der Waals surface area (Å²) in [5, 5.41) is 12.3. The van der Waals surface area contributed by atoms with Gasteiger partial charge in [0.05, 0.1) is 5.56 Å². The van der Waals surface area contributed by atoms with Crippen LogP contribution in [-0.4, -0.2) is 16.0 Å². The average molecular weight is 356 g/mol. The largest absolute Gasteiger partial charge is 0.492 e. The first-order valence-electron chi connectivity index (χ1n) is 8.81. The van der Waals surface area contributed by atoms with Crippen molar-refractivity contribution in [2.45, 2.75) is 58.0 Å². The van der Waals surface area contributed by atoms with Crippen LogP contribution in [0, 0.1) is 17.3 Å². The highest BCUT2D eigenvalue weighted by atomic mass is 19.4. The van der Waals surface area contributed by atoms with Crippen molar-refractivity contribution >= 4 is 11.6 Å². The zero-order valence-corrected chi connectivity index (χ0v) is 14.2. The zero-order chi connectivity index (χ0) is 18.2. The normalized spacial score (nSPS) is 29.3. The third kappa shape index (κ3) is 3.60. The maximum Gasteiger partial charge on any atom is 0.417 e. The molecule has 7 heteroatoms. The first kappa shape index (κ1) is 18.0. The number of pyridine rings is 1. The fraction of sp³-hybridized carbons (Fsp3) is 0.667. The third-order valence-corrected chi connectivity index (χ3v) is 5.85. The van der Waals surface area contributed by atoms with Crippen molar-refractivity contribution in [2.75, 3.05) is 5.32 Å². The van der Waals surface area contributed by atoms with Crippen molar-refractivity contribution in [2.24, 2.45) is 17.3 Å². The number of nitrogens with zero attached hydrogens (tertiary/aromatic N) is 1. The Labute approximate surface area is 144 Å². The number of alkyl halides is 3. The molecule has 1 heterocycles. The van der Waals surface area contributed by atoms with Gasteiger partial charge in [-0.3, -0.25) is 4.79 Å². The SMILES string of the molecule is CCC1(C(=O)Nc2cc(C(F)(F)F)cnc2O)CC2CCCC(C2)C1. The van der Waals surface area contributed by atoms with Crippen LogP contribution in [0.2, 0.25) is 0 Å². The molecule has 2 fully saturated rings. The molecule has 2 saturated carbocycles. The number of hydrogen-bond acceptors (Lipinski definition) is 3. The van der Waals surface area contributed by atoms with Gasteiger partial charge in [0.25, 0.3) is 0 Å². The van der Waals surface area contributed by atoms with E-state index in [0.717, 1.165) is 38.2 Å². The number of nitrogens with one attached hydrogen (secondary N) is 1. The van der Waals surface area contributed by atoms with Crippen LogP contribution >= 0.6 is 0 Å². The van der Waals surface area contributed by atoms with Crippen molar-refractivity contribution in [3.8, 4) is 5.88 Å². The van der Waals surface area contributed by atoms with Crippen LogP contribution in [0.3, 0.4) is 0 Å². The lowest BCUT2D eigenvalue weighted by Crippen LogP contribution is -2.44. The summed E-state index contributed by atoms with van der Waals surface area (Å²) in [4.78, 5) is 16.3. The highest BCUT2D eigenvalue weighted by Crippen LogP contribution is 2.51. The van der Waals surface area contributed by atoms with E-state index in [1.165, 1.54) is 6.42 Å². The number of hydrogen-bond donors (Lipinski definition) is 2. The molecule has 0 radical (unpaired) electrons. The molecular weight excluding hydrogens is 333 g/mol. The zero-order valence-electron chi connectivity index (χ0n) is 14.2. The van der Waals surface area contributed by atoms with Crippen LogP contribution in [0.15, 0.2) is 12.3 Å². The lowest BCUT2D eigenvalue weighted by Gasteiger charge is -2.46. The molecule has 138 valence electrons. The van der Waals surface area contributed by atoms with E-state index in [-0.39, 0.29) is 11.6 Å². The Morgan fingerprint density at radius 3 is 2.56 bits per heavy atom. The molecule has 2 atom stereocenters. The van der Waals surface area contributed by atoms with E-state index in [0.29, 0.717) is 24.5 Å².